The third kappa shape index (κ3) is 4.86. The van der Waals surface area contributed by atoms with Crippen molar-refractivity contribution in [2.45, 2.75) is 68.0 Å². The van der Waals surface area contributed by atoms with Gasteiger partial charge in [0.1, 0.15) is 5.69 Å². The van der Waals surface area contributed by atoms with Gasteiger partial charge in [0.15, 0.2) is 28.4 Å². The van der Waals surface area contributed by atoms with Gasteiger partial charge in [-0.15, -0.1) is 0 Å². The highest BCUT2D eigenvalue weighted by Gasteiger charge is 2.40. The van der Waals surface area contributed by atoms with Gasteiger partial charge in [-0.25, -0.2) is 18.7 Å². The van der Waals surface area contributed by atoms with Crippen LogP contribution in [-0.4, -0.2) is 50.2 Å². The number of aliphatic hydroxyl groups is 2. The van der Waals surface area contributed by atoms with E-state index in [0.717, 1.165) is 30.2 Å². The van der Waals surface area contributed by atoms with Crippen molar-refractivity contribution in [3.63, 3.8) is 0 Å². The predicted octanol–water partition coefficient (Wildman–Crippen LogP) is 3.10. The minimum absolute atomic E-state index is 0.00201. The Morgan fingerprint density at radius 1 is 1.10 bits per heavy atom. The maximum atomic E-state index is 13.6. The van der Waals surface area contributed by atoms with Crippen LogP contribution in [0.1, 0.15) is 44.1 Å². The molecule has 4 rings (SSSR count). The summed E-state index contributed by atoms with van der Waals surface area (Å²) in [5, 5.41) is 27.0. The summed E-state index contributed by atoms with van der Waals surface area (Å²) in [4.78, 5) is 9.06. The lowest BCUT2D eigenvalue weighted by Gasteiger charge is -2.21. The second kappa shape index (κ2) is 9.13. The van der Waals surface area contributed by atoms with E-state index in [1.165, 1.54) is 17.8 Å². The quantitative estimate of drug-likeness (QED) is 0.307. The average molecular weight is 452 g/mol. The van der Waals surface area contributed by atoms with Crippen LogP contribution < -0.4 is 16.4 Å². The highest BCUT2D eigenvalue weighted by Crippen LogP contribution is 2.44. The molecule has 0 amide bonds. The molecule has 0 saturated heterocycles. The van der Waals surface area contributed by atoms with Gasteiger partial charge in [-0.05, 0) is 43.4 Å². The number of nitrogens with two attached hydrogens (primary N) is 1. The van der Waals surface area contributed by atoms with Gasteiger partial charge in [-0.1, -0.05) is 24.8 Å². The number of hydrogen-bond acceptors (Lipinski definition) is 8. The van der Waals surface area contributed by atoms with Gasteiger partial charge in [-0.3, -0.25) is 0 Å². The predicted molar refractivity (Wildman–Crippen MR) is 117 cm³/mol. The molecule has 7 nitrogen and oxygen atoms in total. The molecular weight excluding hydrogens is 424 g/mol. The molecule has 2 fully saturated rings. The third-order valence-electron chi connectivity index (χ3n) is 5.75. The Balaban J connectivity index is 1.53. The van der Waals surface area contributed by atoms with E-state index in [2.05, 4.69) is 27.5 Å². The van der Waals surface area contributed by atoms with Crippen LogP contribution >= 0.6 is 11.8 Å². The van der Waals surface area contributed by atoms with Gasteiger partial charge in [0.25, 0.3) is 0 Å². The molecule has 5 atom stereocenters. The van der Waals surface area contributed by atoms with E-state index in [1.807, 2.05) is 0 Å². The molecule has 2 aliphatic carbocycles. The molecule has 1 aromatic heterocycles. The zero-order valence-corrected chi connectivity index (χ0v) is 18.0. The largest absolute Gasteiger partial charge is 0.393 e. The highest BCUT2D eigenvalue weighted by atomic mass is 32.2. The lowest BCUT2D eigenvalue weighted by molar-refractivity contribution is 0.0391. The van der Waals surface area contributed by atoms with Gasteiger partial charge in [0, 0.05) is 17.7 Å². The number of aliphatic hydroxyl groups excluding tert-OH is 2. The molecule has 6 N–H and O–H groups in total. The molecule has 10 heteroatoms. The molecule has 1 heterocycles. The number of aromatic nitrogens is 2. The number of anilines is 3. The molecular formula is C21H27F2N5O2S. The highest BCUT2D eigenvalue weighted by molar-refractivity contribution is 7.99. The van der Waals surface area contributed by atoms with E-state index in [-0.39, 0.29) is 18.0 Å². The minimum atomic E-state index is -0.890. The Labute approximate surface area is 183 Å². The van der Waals surface area contributed by atoms with Gasteiger partial charge in [0.2, 0.25) is 0 Å². The van der Waals surface area contributed by atoms with Crippen LogP contribution in [0.2, 0.25) is 0 Å². The van der Waals surface area contributed by atoms with Crippen LogP contribution in [0.25, 0.3) is 0 Å². The van der Waals surface area contributed by atoms with E-state index in [1.54, 1.807) is 6.07 Å². The summed E-state index contributed by atoms with van der Waals surface area (Å²) in [6, 6.07) is 3.61. The van der Waals surface area contributed by atoms with E-state index in [9.17, 15) is 19.0 Å². The van der Waals surface area contributed by atoms with Crippen molar-refractivity contribution in [2.24, 2.45) is 0 Å². The Morgan fingerprint density at radius 2 is 1.81 bits per heavy atom. The van der Waals surface area contributed by atoms with Crippen molar-refractivity contribution in [2.75, 3.05) is 22.1 Å². The first kappa shape index (κ1) is 22.0. The molecule has 0 radical (unpaired) electrons. The molecule has 0 aliphatic heterocycles. The standard InChI is InChI=1S/C21H27F2N5O2S/c1-2-7-31-21-27-19(25-14-5-6-16(29)18(14)30)17(24)20(28-21)26-15-9-11(15)10-3-4-12(22)13(23)8-10/h3-4,8,11,14-16,18,29-30H,2,5-7,9,24H2,1H3,(H2,25,26,27,28)/t11-,14-,15+,16+,18-/m0/s1. The topological polar surface area (TPSA) is 116 Å². The zero-order valence-electron chi connectivity index (χ0n) is 17.2. The van der Waals surface area contributed by atoms with Crippen molar-refractivity contribution in [3.8, 4) is 0 Å². The molecule has 2 aromatic rings. The average Bonchev–Trinajstić information content (AvgIpc) is 3.45. The molecule has 2 aliphatic rings. The number of benzene rings is 1. The molecule has 1 aromatic carbocycles. The number of halogens is 2. The van der Waals surface area contributed by atoms with Crippen LogP contribution in [0.3, 0.4) is 0 Å². The van der Waals surface area contributed by atoms with Crippen molar-refractivity contribution in [1.82, 2.24) is 9.97 Å². The summed E-state index contributed by atoms with van der Waals surface area (Å²) in [7, 11) is 0. The van der Waals surface area contributed by atoms with Gasteiger partial charge in [0.05, 0.1) is 18.2 Å². The van der Waals surface area contributed by atoms with Crippen molar-refractivity contribution >= 4 is 29.1 Å². The van der Waals surface area contributed by atoms with E-state index >= 15 is 0 Å². The van der Waals surface area contributed by atoms with Crippen LogP contribution in [0.15, 0.2) is 23.4 Å². The Morgan fingerprint density at radius 3 is 2.42 bits per heavy atom. The Hall–Kier alpha value is -2.17. The van der Waals surface area contributed by atoms with Crippen LogP contribution in [0, 0.1) is 11.6 Å². The second-order valence-corrected chi connectivity index (χ2v) is 9.18. The van der Waals surface area contributed by atoms with Crippen molar-refractivity contribution in [1.29, 1.82) is 0 Å². The fraction of sp³-hybridized carbons (Fsp3) is 0.524. The first-order chi connectivity index (χ1) is 14.9. The SMILES string of the molecule is CCCSc1nc(N[C@H]2CC[C@@H](O)[C@H]2O)c(N)c(N[C@@H]2C[C@H]2c2ccc(F)c(F)c2)n1. The number of rotatable bonds is 8. The molecule has 31 heavy (non-hydrogen) atoms. The second-order valence-electron chi connectivity index (χ2n) is 8.12. The summed E-state index contributed by atoms with van der Waals surface area (Å²) < 4.78 is 26.8. The monoisotopic (exact) mass is 451 g/mol. The maximum Gasteiger partial charge on any atom is 0.191 e. The molecule has 0 unspecified atom stereocenters. The normalized spacial score (nSPS) is 27.3. The van der Waals surface area contributed by atoms with Crippen LogP contribution in [0.4, 0.5) is 26.1 Å². The fourth-order valence-electron chi connectivity index (χ4n) is 3.86. The summed E-state index contributed by atoms with van der Waals surface area (Å²) in [5.41, 5.74) is 7.38. The smallest absolute Gasteiger partial charge is 0.191 e. The Bertz CT molecular complexity index is 950. The molecule has 168 valence electrons. The molecule has 0 spiro atoms. The number of nitrogens with zero attached hydrogens (tertiary/aromatic N) is 2. The molecule has 2 saturated carbocycles. The first-order valence-electron chi connectivity index (χ1n) is 10.5. The lowest BCUT2D eigenvalue weighted by atomic mass is 10.1. The summed E-state index contributed by atoms with van der Waals surface area (Å²) in [6.07, 6.45) is 1.16. The molecule has 0 bridgehead atoms. The number of nitrogens with one attached hydrogen (secondary N) is 2. The lowest BCUT2D eigenvalue weighted by Crippen LogP contribution is -2.34. The van der Waals surface area contributed by atoms with Gasteiger partial charge >= 0.3 is 0 Å². The first-order valence-corrected chi connectivity index (χ1v) is 11.5. The number of hydrogen-bond donors (Lipinski definition) is 5. The van der Waals surface area contributed by atoms with Crippen molar-refractivity contribution < 1.29 is 19.0 Å². The zero-order chi connectivity index (χ0) is 22.1. The van der Waals surface area contributed by atoms with Gasteiger partial charge in [-0.2, -0.15) is 0 Å². The Kier molecular flexibility index (Phi) is 6.49. The van der Waals surface area contributed by atoms with Gasteiger partial charge < -0.3 is 26.6 Å². The third-order valence-corrected chi connectivity index (χ3v) is 6.80. The van der Waals surface area contributed by atoms with Crippen LogP contribution in [-0.2, 0) is 0 Å². The number of thioether (sulfide) groups is 1. The van der Waals surface area contributed by atoms with E-state index < -0.39 is 23.8 Å². The van der Waals surface area contributed by atoms with Crippen LogP contribution in [0.5, 0.6) is 0 Å². The number of nitrogen functional groups attached to an aromatic ring is 1. The summed E-state index contributed by atoms with van der Waals surface area (Å²) in [6.45, 7) is 2.06. The van der Waals surface area contributed by atoms with E-state index in [0.29, 0.717) is 35.3 Å². The fourth-order valence-corrected chi connectivity index (χ4v) is 4.56. The maximum absolute atomic E-state index is 13.6. The van der Waals surface area contributed by atoms with E-state index in [4.69, 9.17) is 5.73 Å². The summed E-state index contributed by atoms with van der Waals surface area (Å²) >= 11 is 1.50. The summed E-state index contributed by atoms with van der Waals surface area (Å²) in [5.74, 6) is 0.0558. The minimum Gasteiger partial charge on any atom is -0.393 e. The van der Waals surface area contributed by atoms with Crippen molar-refractivity contribution in [3.05, 3.63) is 35.4 Å².